The molecule has 0 radical (unpaired) electrons. The molecule has 1 heterocycles. The number of benzene rings is 3. The predicted molar refractivity (Wildman–Crippen MR) is 137 cm³/mol. The Kier molecular flexibility index (Phi) is 7.12. The summed E-state index contributed by atoms with van der Waals surface area (Å²) < 4.78 is 6.09. The summed E-state index contributed by atoms with van der Waals surface area (Å²) in [6, 6.07) is 24.4. The summed E-state index contributed by atoms with van der Waals surface area (Å²) in [6.07, 6.45) is 1.81. The summed E-state index contributed by atoms with van der Waals surface area (Å²) in [5, 5.41) is 11.1. The molecule has 0 spiro atoms. The first-order chi connectivity index (χ1) is 16.5. The Labute approximate surface area is 203 Å². The summed E-state index contributed by atoms with van der Waals surface area (Å²) in [4.78, 5) is 13.0. The third kappa shape index (κ3) is 5.20. The molecule has 0 atom stereocenters. The topological polar surface area (TPSA) is 78.1 Å². The normalized spacial score (nSPS) is 11.6. The van der Waals surface area contributed by atoms with Gasteiger partial charge in [-0.05, 0) is 41.3 Å². The molecular weight excluding hydrogens is 446 g/mol. The first-order valence-electron chi connectivity index (χ1n) is 11.0. The Balaban J connectivity index is 1.67. The van der Waals surface area contributed by atoms with Crippen LogP contribution >= 0.6 is 11.6 Å². The van der Waals surface area contributed by atoms with E-state index in [0.717, 1.165) is 22.1 Å². The Morgan fingerprint density at radius 2 is 1.76 bits per heavy atom. The number of hydrogen-bond acceptors (Lipinski definition) is 4. The summed E-state index contributed by atoms with van der Waals surface area (Å²) in [5.74, 6) is 0.616. The van der Waals surface area contributed by atoms with E-state index in [1.54, 1.807) is 12.1 Å². The molecule has 34 heavy (non-hydrogen) atoms. The zero-order valence-electron chi connectivity index (χ0n) is 18.9. The molecule has 3 aromatic carbocycles. The van der Waals surface area contributed by atoms with Crippen LogP contribution in [0.1, 0.15) is 35.3 Å². The van der Waals surface area contributed by atoms with Gasteiger partial charge in [0, 0.05) is 22.5 Å². The molecule has 5 nitrogen and oxygen atoms in total. The molecule has 0 aliphatic carbocycles. The molecule has 0 saturated heterocycles. The van der Waals surface area contributed by atoms with E-state index in [0.29, 0.717) is 40.0 Å². The van der Waals surface area contributed by atoms with Gasteiger partial charge in [-0.25, -0.2) is 5.43 Å². The van der Waals surface area contributed by atoms with Crippen molar-refractivity contribution in [2.75, 3.05) is 6.54 Å². The van der Waals surface area contributed by atoms with Gasteiger partial charge < -0.3 is 4.42 Å². The number of halogens is 1. The Morgan fingerprint density at radius 3 is 2.44 bits per heavy atom. The van der Waals surface area contributed by atoms with Crippen LogP contribution in [0.15, 0.2) is 77.2 Å². The smallest absolute Gasteiger partial charge is 0.269 e. The van der Waals surface area contributed by atoms with E-state index in [-0.39, 0.29) is 5.91 Å². The molecule has 6 heteroatoms. The average Bonchev–Trinajstić information content (AvgIpc) is 3.23. The highest BCUT2D eigenvalue weighted by molar-refractivity contribution is 6.30. The Morgan fingerprint density at radius 1 is 1.06 bits per heavy atom. The monoisotopic (exact) mass is 469 g/mol. The maximum absolute atomic E-state index is 13.0. The molecule has 0 bridgehead atoms. The van der Waals surface area contributed by atoms with Crippen LogP contribution in [0, 0.1) is 17.2 Å². The largest absolute Gasteiger partial charge is 0.455 e. The number of amides is 1. The number of hydrogen-bond donors (Lipinski definition) is 2. The van der Waals surface area contributed by atoms with Gasteiger partial charge in [-0.2, -0.15) is 5.26 Å². The third-order valence-corrected chi connectivity index (χ3v) is 5.55. The molecule has 0 aliphatic heterocycles. The van der Waals surface area contributed by atoms with Crippen LogP contribution in [0.3, 0.4) is 0 Å². The molecule has 0 aliphatic rings. The van der Waals surface area contributed by atoms with Crippen LogP contribution in [0.5, 0.6) is 0 Å². The second-order valence-electron chi connectivity index (χ2n) is 8.33. The zero-order chi connectivity index (χ0) is 24.1. The van der Waals surface area contributed by atoms with Gasteiger partial charge in [-0.1, -0.05) is 80.0 Å². The first kappa shape index (κ1) is 23.3. The standard InChI is InChI=1S/C28H24ClN3O2/c1-18(2)17-31-32-28(33)26-24-5-3-4-6-25(24)34-27(26)21-11-9-20(10-12-21)22(16-30)15-19-7-13-23(29)14-8-19/h3-15,18,31H,17H2,1-2H3,(H,32,33)/b22-15+. The maximum Gasteiger partial charge on any atom is 0.269 e. The van der Waals surface area contributed by atoms with Gasteiger partial charge in [0.25, 0.3) is 5.91 Å². The zero-order valence-corrected chi connectivity index (χ0v) is 19.7. The van der Waals surface area contributed by atoms with Crippen molar-refractivity contribution in [2.24, 2.45) is 5.92 Å². The van der Waals surface area contributed by atoms with E-state index in [4.69, 9.17) is 16.0 Å². The van der Waals surface area contributed by atoms with Crippen LogP contribution in [0.25, 0.3) is 33.9 Å². The van der Waals surface area contributed by atoms with Gasteiger partial charge in [0.1, 0.15) is 11.3 Å². The van der Waals surface area contributed by atoms with Gasteiger partial charge in [0.05, 0.1) is 17.2 Å². The maximum atomic E-state index is 13.0. The minimum Gasteiger partial charge on any atom is -0.455 e. The number of fused-ring (bicyclic) bond motifs is 1. The number of rotatable bonds is 7. The van der Waals surface area contributed by atoms with Crippen molar-refractivity contribution < 1.29 is 9.21 Å². The van der Waals surface area contributed by atoms with Crippen molar-refractivity contribution in [1.82, 2.24) is 10.9 Å². The van der Waals surface area contributed by atoms with Gasteiger partial charge in [-0.15, -0.1) is 0 Å². The van der Waals surface area contributed by atoms with Crippen LogP contribution in [0.4, 0.5) is 0 Å². The fourth-order valence-electron chi connectivity index (χ4n) is 3.58. The van der Waals surface area contributed by atoms with Crippen molar-refractivity contribution in [1.29, 1.82) is 5.26 Å². The minimum atomic E-state index is -0.259. The number of hydrazine groups is 1. The Bertz CT molecular complexity index is 1380. The SMILES string of the molecule is CC(C)CNNC(=O)c1c(-c2ccc(/C(C#N)=C/c3ccc(Cl)cc3)cc2)oc2ccccc12. The highest BCUT2D eigenvalue weighted by Crippen LogP contribution is 2.34. The van der Waals surface area contributed by atoms with Crippen LogP contribution < -0.4 is 10.9 Å². The fraction of sp³-hybridized carbons (Fsp3) is 0.143. The molecule has 4 aromatic rings. The van der Waals surface area contributed by atoms with Crippen molar-refractivity contribution in [3.8, 4) is 17.4 Å². The van der Waals surface area contributed by atoms with E-state index in [9.17, 15) is 10.1 Å². The molecule has 1 aromatic heterocycles. The molecule has 0 saturated carbocycles. The number of furan rings is 1. The number of nitrogens with zero attached hydrogens (tertiary/aromatic N) is 1. The summed E-state index contributed by atoms with van der Waals surface area (Å²) in [5.41, 5.74) is 9.78. The molecular formula is C28H24ClN3O2. The van der Waals surface area contributed by atoms with Crippen molar-refractivity contribution in [3.63, 3.8) is 0 Å². The van der Waals surface area contributed by atoms with E-state index in [2.05, 4.69) is 30.8 Å². The number of carbonyl (C=O) groups excluding carboxylic acids is 1. The average molecular weight is 470 g/mol. The number of allylic oxidation sites excluding steroid dienone is 1. The van der Waals surface area contributed by atoms with Crippen LogP contribution in [-0.2, 0) is 0 Å². The molecule has 4 rings (SSSR count). The second kappa shape index (κ2) is 10.4. The molecule has 0 unspecified atom stereocenters. The van der Waals surface area contributed by atoms with Gasteiger partial charge >= 0.3 is 0 Å². The molecule has 170 valence electrons. The van der Waals surface area contributed by atoms with Gasteiger partial charge in [0.2, 0.25) is 0 Å². The lowest BCUT2D eigenvalue weighted by Gasteiger charge is -2.10. The molecule has 2 N–H and O–H groups in total. The van der Waals surface area contributed by atoms with Crippen LogP contribution in [-0.4, -0.2) is 12.5 Å². The summed E-state index contributed by atoms with van der Waals surface area (Å²) >= 11 is 5.95. The van der Waals surface area contributed by atoms with Gasteiger partial charge in [0.15, 0.2) is 0 Å². The van der Waals surface area contributed by atoms with Crippen molar-refractivity contribution in [3.05, 3.63) is 94.5 Å². The number of nitriles is 1. The van der Waals surface area contributed by atoms with Crippen molar-refractivity contribution >= 4 is 40.1 Å². The lowest BCUT2D eigenvalue weighted by Crippen LogP contribution is -2.39. The van der Waals surface area contributed by atoms with E-state index in [1.807, 2.05) is 66.7 Å². The lowest BCUT2D eigenvalue weighted by atomic mass is 10.00. The summed E-state index contributed by atoms with van der Waals surface area (Å²) in [6.45, 7) is 4.79. The fourth-order valence-corrected chi connectivity index (χ4v) is 3.71. The highest BCUT2D eigenvalue weighted by atomic mass is 35.5. The predicted octanol–water partition coefficient (Wildman–Crippen LogP) is 6.71. The second-order valence-corrected chi connectivity index (χ2v) is 8.77. The molecule has 1 amide bonds. The number of para-hydroxylation sites is 1. The Hall–Kier alpha value is -3.85. The minimum absolute atomic E-state index is 0.259. The summed E-state index contributed by atoms with van der Waals surface area (Å²) in [7, 11) is 0. The lowest BCUT2D eigenvalue weighted by molar-refractivity contribution is 0.0933. The first-order valence-corrected chi connectivity index (χ1v) is 11.4. The van der Waals surface area contributed by atoms with Gasteiger partial charge in [-0.3, -0.25) is 10.2 Å². The third-order valence-electron chi connectivity index (χ3n) is 5.29. The number of nitrogens with one attached hydrogen (secondary N) is 2. The molecule has 0 fully saturated rings. The van der Waals surface area contributed by atoms with E-state index >= 15 is 0 Å². The highest BCUT2D eigenvalue weighted by Gasteiger charge is 2.22. The van der Waals surface area contributed by atoms with E-state index in [1.165, 1.54) is 0 Å². The van der Waals surface area contributed by atoms with E-state index < -0.39 is 0 Å². The van der Waals surface area contributed by atoms with Crippen LogP contribution in [0.2, 0.25) is 5.02 Å². The number of carbonyl (C=O) groups is 1. The quantitative estimate of drug-likeness (QED) is 0.179. The van der Waals surface area contributed by atoms with Crippen molar-refractivity contribution in [2.45, 2.75) is 13.8 Å².